The molecule has 20 heavy (non-hydrogen) atoms. The van der Waals surface area contributed by atoms with Gasteiger partial charge in [-0.25, -0.2) is 0 Å². The summed E-state index contributed by atoms with van der Waals surface area (Å²) in [6, 6.07) is 3.46. The Hall–Kier alpha value is -1.57. The number of halogens is 4. The van der Waals surface area contributed by atoms with E-state index < -0.39 is 11.7 Å². The first-order valence-electron chi connectivity index (χ1n) is 5.76. The zero-order chi connectivity index (χ0) is 14.8. The molecule has 4 nitrogen and oxygen atoms in total. The highest BCUT2D eigenvalue weighted by molar-refractivity contribution is 9.10. The van der Waals surface area contributed by atoms with Crippen LogP contribution in [0.5, 0.6) is 0 Å². The van der Waals surface area contributed by atoms with Crippen LogP contribution in [-0.4, -0.2) is 16.7 Å². The average Bonchev–Trinajstić information content (AvgIpc) is 2.76. The van der Waals surface area contributed by atoms with Gasteiger partial charge in [0.25, 0.3) is 0 Å². The molecule has 0 aliphatic heterocycles. The number of alkyl halides is 3. The van der Waals surface area contributed by atoms with Crippen LogP contribution in [0.3, 0.4) is 0 Å². The molecule has 8 heteroatoms. The lowest BCUT2D eigenvalue weighted by Crippen LogP contribution is -2.08. The number of aryl methyl sites for hydroxylation is 1. The number of hydrogen-bond donors (Lipinski definition) is 1. The van der Waals surface area contributed by atoms with Crippen molar-refractivity contribution in [3.05, 3.63) is 40.0 Å². The van der Waals surface area contributed by atoms with Gasteiger partial charge in [0.05, 0.1) is 5.56 Å². The van der Waals surface area contributed by atoms with E-state index in [1.165, 1.54) is 6.07 Å². The lowest BCUT2D eigenvalue weighted by Gasteiger charge is -2.11. The maximum Gasteiger partial charge on any atom is 0.416 e. The predicted octanol–water partition coefficient (Wildman–Crippen LogP) is 3.81. The van der Waals surface area contributed by atoms with Crippen LogP contribution in [0.4, 0.5) is 18.9 Å². The maximum absolute atomic E-state index is 12.5. The van der Waals surface area contributed by atoms with Gasteiger partial charge in [-0.15, -0.1) is 0 Å². The van der Waals surface area contributed by atoms with Gasteiger partial charge in [0, 0.05) is 30.0 Å². The number of hydrogen-bond acceptors (Lipinski definition) is 4. The molecule has 0 bridgehead atoms. The monoisotopic (exact) mass is 349 g/mol. The number of nitrogens with one attached hydrogen (secondary N) is 1. The van der Waals surface area contributed by atoms with Gasteiger partial charge in [0.2, 0.25) is 5.89 Å². The molecule has 0 atom stereocenters. The first-order valence-corrected chi connectivity index (χ1v) is 6.55. The summed E-state index contributed by atoms with van der Waals surface area (Å²) in [5, 5.41) is 6.74. The second-order valence-corrected chi connectivity index (χ2v) is 4.95. The molecule has 0 spiro atoms. The molecule has 1 aromatic heterocycles. The Morgan fingerprint density at radius 2 is 2.10 bits per heavy atom. The normalized spacial score (nSPS) is 11.7. The molecule has 0 saturated carbocycles. The van der Waals surface area contributed by atoms with Gasteiger partial charge in [-0.05, 0) is 34.1 Å². The zero-order valence-corrected chi connectivity index (χ0v) is 12.0. The summed E-state index contributed by atoms with van der Waals surface area (Å²) in [7, 11) is 0. The fourth-order valence-electron chi connectivity index (χ4n) is 1.59. The standard InChI is InChI=1S/C12H11BrF3N3O/c1-7-18-11(19-20-7)4-5-17-10-3-2-8(6-9(10)13)12(14,15)16/h2-3,6,17H,4-5H2,1H3. The quantitative estimate of drug-likeness (QED) is 0.911. The van der Waals surface area contributed by atoms with Crippen molar-refractivity contribution in [3.8, 4) is 0 Å². The number of rotatable bonds is 4. The molecule has 1 heterocycles. The van der Waals surface area contributed by atoms with Crippen molar-refractivity contribution in [2.75, 3.05) is 11.9 Å². The topological polar surface area (TPSA) is 51.0 Å². The van der Waals surface area contributed by atoms with Crippen LogP contribution in [-0.2, 0) is 12.6 Å². The van der Waals surface area contributed by atoms with Crippen molar-refractivity contribution in [1.29, 1.82) is 0 Å². The molecule has 0 aliphatic carbocycles. The summed E-state index contributed by atoms with van der Waals surface area (Å²) in [6.45, 7) is 2.18. The van der Waals surface area contributed by atoms with Gasteiger partial charge in [0.1, 0.15) is 0 Å². The summed E-state index contributed by atoms with van der Waals surface area (Å²) < 4.78 is 42.7. The van der Waals surface area contributed by atoms with Crippen LogP contribution in [0.2, 0.25) is 0 Å². The van der Waals surface area contributed by atoms with Crippen molar-refractivity contribution in [3.63, 3.8) is 0 Å². The van der Waals surface area contributed by atoms with E-state index in [2.05, 4.69) is 31.4 Å². The van der Waals surface area contributed by atoms with Gasteiger partial charge >= 0.3 is 6.18 Å². The van der Waals surface area contributed by atoms with Gasteiger partial charge in [-0.2, -0.15) is 18.2 Å². The van der Waals surface area contributed by atoms with E-state index >= 15 is 0 Å². The Labute approximate surface area is 121 Å². The first kappa shape index (κ1) is 14.8. The minimum absolute atomic E-state index is 0.358. The van der Waals surface area contributed by atoms with E-state index in [9.17, 15) is 13.2 Å². The highest BCUT2D eigenvalue weighted by atomic mass is 79.9. The predicted molar refractivity (Wildman–Crippen MR) is 70.4 cm³/mol. The van der Waals surface area contributed by atoms with E-state index in [1.54, 1.807) is 6.92 Å². The van der Waals surface area contributed by atoms with Crippen LogP contribution in [0.1, 0.15) is 17.3 Å². The second-order valence-electron chi connectivity index (χ2n) is 4.10. The van der Waals surface area contributed by atoms with Crippen molar-refractivity contribution >= 4 is 21.6 Å². The van der Waals surface area contributed by atoms with Crippen LogP contribution in [0.25, 0.3) is 0 Å². The largest absolute Gasteiger partial charge is 0.416 e. The highest BCUT2D eigenvalue weighted by Gasteiger charge is 2.30. The summed E-state index contributed by atoms with van der Waals surface area (Å²) in [6.07, 6.45) is -3.83. The van der Waals surface area contributed by atoms with E-state index in [1.807, 2.05) is 0 Å². The third-order valence-corrected chi connectivity index (χ3v) is 3.19. The van der Waals surface area contributed by atoms with Crippen LogP contribution >= 0.6 is 15.9 Å². The van der Waals surface area contributed by atoms with Crippen molar-refractivity contribution in [2.24, 2.45) is 0 Å². The zero-order valence-electron chi connectivity index (χ0n) is 10.5. The molecule has 0 radical (unpaired) electrons. The Morgan fingerprint density at radius 1 is 1.35 bits per heavy atom. The molecule has 0 unspecified atom stereocenters. The van der Waals surface area contributed by atoms with Crippen LogP contribution in [0, 0.1) is 6.92 Å². The molecule has 108 valence electrons. The molecular weight excluding hydrogens is 339 g/mol. The average molecular weight is 350 g/mol. The summed E-state index contributed by atoms with van der Waals surface area (Å²) in [5.74, 6) is 1.04. The molecule has 2 rings (SSSR count). The van der Waals surface area contributed by atoms with E-state index in [-0.39, 0.29) is 0 Å². The molecule has 0 fully saturated rings. The first-order chi connectivity index (χ1) is 9.36. The van der Waals surface area contributed by atoms with Gasteiger partial charge in [0.15, 0.2) is 5.82 Å². The number of anilines is 1. The third-order valence-electron chi connectivity index (χ3n) is 2.53. The molecular formula is C12H11BrF3N3O. The number of nitrogens with zero attached hydrogens (tertiary/aromatic N) is 2. The number of aromatic nitrogens is 2. The van der Waals surface area contributed by atoms with E-state index in [0.717, 1.165) is 12.1 Å². The lowest BCUT2D eigenvalue weighted by molar-refractivity contribution is -0.137. The minimum atomic E-state index is -4.34. The van der Waals surface area contributed by atoms with E-state index in [4.69, 9.17) is 4.52 Å². The molecule has 0 aliphatic rings. The van der Waals surface area contributed by atoms with Gasteiger partial charge in [-0.1, -0.05) is 5.16 Å². The van der Waals surface area contributed by atoms with E-state index in [0.29, 0.717) is 34.8 Å². The lowest BCUT2D eigenvalue weighted by atomic mass is 10.2. The summed E-state index contributed by atoms with van der Waals surface area (Å²) >= 11 is 3.12. The molecule has 1 aromatic carbocycles. The number of benzene rings is 1. The van der Waals surface area contributed by atoms with Crippen molar-refractivity contribution in [2.45, 2.75) is 19.5 Å². The Bertz CT molecular complexity index is 598. The Kier molecular flexibility index (Phi) is 4.32. The fourth-order valence-corrected chi connectivity index (χ4v) is 2.11. The molecule has 0 saturated heterocycles. The third kappa shape index (κ3) is 3.72. The fraction of sp³-hybridized carbons (Fsp3) is 0.333. The second kappa shape index (κ2) is 5.82. The summed E-state index contributed by atoms with van der Waals surface area (Å²) in [5.41, 5.74) is -0.109. The summed E-state index contributed by atoms with van der Waals surface area (Å²) in [4.78, 5) is 4.03. The van der Waals surface area contributed by atoms with Gasteiger partial charge in [-0.3, -0.25) is 0 Å². The smallest absolute Gasteiger partial charge is 0.384 e. The maximum atomic E-state index is 12.5. The van der Waals surface area contributed by atoms with Crippen LogP contribution in [0.15, 0.2) is 27.2 Å². The molecule has 0 amide bonds. The van der Waals surface area contributed by atoms with Crippen molar-refractivity contribution in [1.82, 2.24) is 10.1 Å². The van der Waals surface area contributed by atoms with Crippen molar-refractivity contribution < 1.29 is 17.7 Å². The molecule has 2 aromatic rings. The molecule has 1 N–H and O–H groups in total. The minimum Gasteiger partial charge on any atom is -0.384 e. The Morgan fingerprint density at radius 3 is 2.65 bits per heavy atom. The Balaban J connectivity index is 1.96. The van der Waals surface area contributed by atoms with Gasteiger partial charge < -0.3 is 9.84 Å². The van der Waals surface area contributed by atoms with Crippen LogP contribution < -0.4 is 5.32 Å². The SMILES string of the molecule is Cc1nc(CCNc2ccc(C(F)(F)F)cc2Br)no1. The highest BCUT2D eigenvalue weighted by Crippen LogP contribution is 2.33.